The zero-order valence-corrected chi connectivity index (χ0v) is 19.0. The van der Waals surface area contributed by atoms with Crippen LogP contribution in [-0.2, 0) is 0 Å². The zero-order chi connectivity index (χ0) is 21.4. The van der Waals surface area contributed by atoms with E-state index < -0.39 is 0 Å². The molecule has 0 aliphatic rings. The molecule has 0 spiro atoms. The normalized spacial score (nSPS) is 10.7. The van der Waals surface area contributed by atoms with Crippen LogP contribution in [0.15, 0.2) is 24.3 Å². The van der Waals surface area contributed by atoms with E-state index in [2.05, 4.69) is 13.8 Å². The molecule has 0 heterocycles. The molecule has 0 bridgehead atoms. The monoisotopic (exact) mass is 438 g/mol. The van der Waals surface area contributed by atoms with E-state index in [1.165, 1.54) is 7.11 Å². The molecular formula is C23H28Cl2O4. The molecule has 2 rings (SSSR count). The molecule has 0 fully saturated rings. The zero-order valence-electron chi connectivity index (χ0n) is 17.4. The lowest BCUT2D eigenvalue weighted by Crippen LogP contribution is -2.12. The van der Waals surface area contributed by atoms with Crippen molar-refractivity contribution in [1.82, 2.24) is 0 Å². The molecule has 2 aromatic carbocycles. The van der Waals surface area contributed by atoms with Crippen molar-refractivity contribution in [2.24, 2.45) is 0 Å². The summed E-state index contributed by atoms with van der Waals surface area (Å²) in [4.78, 5) is 13.5. The molecule has 0 radical (unpaired) electrons. The molecule has 0 aliphatic heterocycles. The van der Waals surface area contributed by atoms with Gasteiger partial charge < -0.3 is 14.2 Å². The lowest BCUT2D eigenvalue weighted by Gasteiger charge is -2.19. The third kappa shape index (κ3) is 5.80. The first-order valence-electron chi connectivity index (χ1n) is 9.91. The first-order chi connectivity index (χ1) is 13.9. The number of ether oxygens (including phenoxy) is 3. The van der Waals surface area contributed by atoms with E-state index in [0.717, 1.165) is 31.2 Å². The van der Waals surface area contributed by atoms with Crippen molar-refractivity contribution in [3.63, 3.8) is 0 Å². The summed E-state index contributed by atoms with van der Waals surface area (Å²) in [5.41, 5.74) is 1.42. The molecule has 0 aromatic heterocycles. The highest BCUT2D eigenvalue weighted by molar-refractivity contribution is 6.41. The third-order valence-corrected chi connectivity index (χ3v) is 5.13. The molecule has 0 aliphatic carbocycles. The summed E-state index contributed by atoms with van der Waals surface area (Å²) in [6.45, 7) is 7.10. The Hall–Kier alpha value is -1.91. The minimum absolute atomic E-state index is 0.225. The van der Waals surface area contributed by atoms with Gasteiger partial charge in [0.05, 0.1) is 41.5 Å². The number of unbranched alkanes of at least 4 members (excludes halogenated alkanes) is 2. The van der Waals surface area contributed by atoms with Crippen molar-refractivity contribution >= 4 is 29.0 Å². The van der Waals surface area contributed by atoms with Crippen LogP contribution in [0.1, 0.15) is 61.0 Å². The van der Waals surface area contributed by atoms with E-state index in [1.54, 1.807) is 12.1 Å². The fourth-order valence-electron chi connectivity index (χ4n) is 2.86. The molecule has 0 saturated heterocycles. The third-order valence-electron chi connectivity index (χ3n) is 4.54. The summed E-state index contributed by atoms with van der Waals surface area (Å²) in [6, 6.07) is 6.86. The van der Waals surface area contributed by atoms with Crippen LogP contribution in [0.2, 0.25) is 10.0 Å². The van der Waals surface area contributed by atoms with Gasteiger partial charge in [0.15, 0.2) is 17.3 Å². The molecule has 158 valence electrons. The molecule has 0 saturated carbocycles. The topological polar surface area (TPSA) is 44.8 Å². The highest BCUT2D eigenvalue weighted by Crippen LogP contribution is 2.39. The second-order valence-corrected chi connectivity index (χ2v) is 7.60. The number of hydrogen-bond donors (Lipinski definition) is 0. The maximum absolute atomic E-state index is 13.5. The van der Waals surface area contributed by atoms with Crippen LogP contribution in [-0.4, -0.2) is 26.1 Å². The Balaban J connectivity index is 2.54. The number of carbonyl (C=O) groups is 1. The fraction of sp³-hybridized carbons (Fsp3) is 0.435. The minimum Gasteiger partial charge on any atom is -0.497 e. The van der Waals surface area contributed by atoms with Gasteiger partial charge in [-0.1, -0.05) is 56.0 Å². The highest BCUT2D eigenvalue weighted by atomic mass is 35.5. The average molecular weight is 439 g/mol. The van der Waals surface area contributed by atoms with Gasteiger partial charge in [-0.15, -0.1) is 0 Å². The first-order valence-corrected chi connectivity index (χ1v) is 10.7. The molecule has 4 nitrogen and oxygen atoms in total. The number of methoxy groups -OCH3 is 1. The molecular weight excluding hydrogens is 411 g/mol. The van der Waals surface area contributed by atoms with Crippen LogP contribution in [0.25, 0.3) is 0 Å². The van der Waals surface area contributed by atoms with Gasteiger partial charge in [0.1, 0.15) is 5.75 Å². The predicted molar refractivity (Wildman–Crippen MR) is 118 cm³/mol. The largest absolute Gasteiger partial charge is 0.497 e. The Labute approximate surface area is 183 Å². The summed E-state index contributed by atoms with van der Waals surface area (Å²) in [6.07, 6.45) is 3.79. The standard InChI is InChI=1S/C23H28Cl2O4/c1-5-7-11-28-19-10-9-15(3)20(23(19)29-12-8-6-2)22(26)21-17(24)13-16(27-4)14-18(21)25/h9-10,13-14H,5-8,11-12H2,1-4H3. The smallest absolute Gasteiger partial charge is 0.200 e. The minimum atomic E-state index is -0.299. The maximum atomic E-state index is 13.5. The molecule has 0 unspecified atom stereocenters. The van der Waals surface area contributed by atoms with Crippen LogP contribution < -0.4 is 14.2 Å². The van der Waals surface area contributed by atoms with Crippen molar-refractivity contribution in [2.75, 3.05) is 20.3 Å². The SMILES string of the molecule is CCCCOc1ccc(C)c(C(=O)c2c(Cl)cc(OC)cc2Cl)c1OCCCC. The number of ketones is 1. The Morgan fingerprint density at radius 2 is 1.52 bits per heavy atom. The quantitative estimate of drug-likeness (QED) is 0.282. The molecule has 6 heteroatoms. The predicted octanol–water partition coefficient (Wildman–Crippen LogP) is 6.90. The van der Waals surface area contributed by atoms with Crippen LogP contribution >= 0.6 is 23.2 Å². The van der Waals surface area contributed by atoms with Crippen LogP contribution in [0.4, 0.5) is 0 Å². The Kier molecular flexibility index (Phi) is 9.12. The molecule has 2 aromatic rings. The lowest BCUT2D eigenvalue weighted by atomic mass is 9.97. The number of hydrogen-bond acceptors (Lipinski definition) is 4. The summed E-state index contributed by atoms with van der Waals surface area (Å²) in [5, 5.41) is 0.464. The fourth-order valence-corrected chi connectivity index (χ4v) is 3.49. The van der Waals surface area contributed by atoms with E-state index in [1.807, 2.05) is 19.1 Å². The van der Waals surface area contributed by atoms with E-state index in [4.69, 9.17) is 37.4 Å². The average Bonchev–Trinajstić information content (AvgIpc) is 2.69. The molecule has 29 heavy (non-hydrogen) atoms. The van der Waals surface area contributed by atoms with Gasteiger partial charge in [0.25, 0.3) is 0 Å². The molecule has 0 atom stereocenters. The number of benzene rings is 2. The Morgan fingerprint density at radius 3 is 2.07 bits per heavy atom. The van der Waals surface area contributed by atoms with Gasteiger partial charge >= 0.3 is 0 Å². The van der Waals surface area contributed by atoms with Gasteiger partial charge in [0.2, 0.25) is 0 Å². The van der Waals surface area contributed by atoms with Gasteiger partial charge in [0, 0.05) is 0 Å². The molecule has 0 N–H and O–H groups in total. The van der Waals surface area contributed by atoms with Crippen LogP contribution in [0.3, 0.4) is 0 Å². The second kappa shape index (κ2) is 11.3. The van der Waals surface area contributed by atoms with Gasteiger partial charge in [-0.3, -0.25) is 4.79 Å². The van der Waals surface area contributed by atoms with Crippen molar-refractivity contribution in [3.8, 4) is 17.2 Å². The van der Waals surface area contributed by atoms with Gasteiger partial charge in [-0.25, -0.2) is 0 Å². The molecule has 0 amide bonds. The summed E-state index contributed by atoms with van der Waals surface area (Å²) < 4.78 is 17.1. The summed E-state index contributed by atoms with van der Waals surface area (Å²) in [5.74, 6) is 1.20. The van der Waals surface area contributed by atoms with Crippen LogP contribution in [0.5, 0.6) is 17.2 Å². The van der Waals surface area contributed by atoms with E-state index in [9.17, 15) is 4.79 Å². The number of carbonyl (C=O) groups excluding carboxylic acids is 1. The van der Waals surface area contributed by atoms with Gasteiger partial charge in [-0.05, 0) is 43.5 Å². The summed E-state index contributed by atoms with van der Waals surface area (Å²) >= 11 is 12.7. The highest BCUT2D eigenvalue weighted by Gasteiger charge is 2.26. The lowest BCUT2D eigenvalue weighted by molar-refractivity contribution is 0.103. The number of rotatable bonds is 11. The van der Waals surface area contributed by atoms with Gasteiger partial charge in [-0.2, -0.15) is 0 Å². The van der Waals surface area contributed by atoms with E-state index in [0.29, 0.717) is 36.0 Å². The van der Waals surface area contributed by atoms with E-state index >= 15 is 0 Å². The Bertz CT molecular complexity index is 826. The summed E-state index contributed by atoms with van der Waals surface area (Å²) in [7, 11) is 1.52. The number of aryl methyl sites for hydroxylation is 1. The van der Waals surface area contributed by atoms with Crippen LogP contribution in [0, 0.1) is 6.92 Å². The Morgan fingerprint density at radius 1 is 0.931 bits per heavy atom. The second-order valence-electron chi connectivity index (χ2n) is 6.78. The number of halogens is 2. The van der Waals surface area contributed by atoms with Crippen molar-refractivity contribution in [2.45, 2.75) is 46.5 Å². The van der Waals surface area contributed by atoms with Crippen molar-refractivity contribution in [1.29, 1.82) is 0 Å². The van der Waals surface area contributed by atoms with Crippen molar-refractivity contribution < 1.29 is 19.0 Å². The van der Waals surface area contributed by atoms with E-state index in [-0.39, 0.29) is 21.4 Å². The first kappa shape index (κ1) is 23.4. The van der Waals surface area contributed by atoms with Crippen molar-refractivity contribution in [3.05, 3.63) is 51.0 Å². The maximum Gasteiger partial charge on any atom is 0.200 e.